The van der Waals surface area contributed by atoms with Gasteiger partial charge in [0.1, 0.15) is 6.04 Å². The Hall–Kier alpha value is -1.68. The Morgan fingerprint density at radius 3 is 2.63 bits per heavy atom. The summed E-state index contributed by atoms with van der Waals surface area (Å²) >= 11 is 0. The quantitative estimate of drug-likeness (QED) is 0.813. The van der Waals surface area contributed by atoms with Crippen molar-refractivity contribution < 1.29 is 4.79 Å². The first-order valence-electron chi connectivity index (χ1n) is 6.93. The lowest BCUT2D eigenvalue weighted by molar-refractivity contribution is -0.133. The molecule has 1 aromatic heterocycles. The molecule has 2 aliphatic heterocycles. The van der Waals surface area contributed by atoms with Crippen LogP contribution in [-0.2, 0) is 4.79 Å². The van der Waals surface area contributed by atoms with E-state index in [-0.39, 0.29) is 11.9 Å². The van der Waals surface area contributed by atoms with E-state index in [2.05, 4.69) is 22.4 Å². The van der Waals surface area contributed by atoms with E-state index in [0.29, 0.717) is 5.92 Å². The number of hydrogen-bond donors (Lipinski definition) is 1. The van der Waals surface area contributed by atoms with Crippen LogP contribution in [-0.4, -0.2) is 41.5 Å². The van der Waals surface area contributed by atoms with Crippen LogP contribution in [0.15, 0.2) is 36.7 Å². The van der Waals surface area contributed by atoms with Gasteiger partial charge in [-0.05, 0) is 36.5 Å². The van der Waals surface area contributed by atoms with Crippen LogP contribution >= 0.6 is 0 Å². The Kier molecular flexibility index (Phi) is 3.60. The fraction of sp³-hybridized carbons (Fsp3) is 0.467. The summed E-state index contributed by atoms with van der Waals surface area (Å²) in [5.41, 5.74) is 1.35. The van der Waals surface area contributed by atoms with Crippen molar-refractivity contribution in [3.05, 3.63) is 42.2 Å². The average molecular weight is 257 g/mol. The second kappa shape index (κ2) is 5.53. The predicted molar refractivity (Wildman–Crippen MR) is 73.7 cm³/mol. The maximum absolute atomic E-state index is 12.2. The minimum absolute atomic E-state index is 0.0996. The van der Waals surface area contributed by atoms with Crippen molar-refractivity contribution in [2.45, 2.75) is 24.8 Å². The summed E-state index contributed by atoms with van der Waals surface area (Å²) in [6.45, 7) is 2.53. The van der Waals surface area contributed by atoms with E-state index < -0.39 is 0 Å². The van der Waals surface area contributed by atoms with Crippen LogP contribution < -0.4 is 5.32 Å². The van der Waals surface area contributed by atoms with E-state index in [1.165, 1.54) is 5.56 Å². The zero-order valence-corrected chi connectivity index (χ0v) is 11.0. The van der Waals surface area contributed by atoms with E-state index in [0.717, 1.165) is 32.5 Å². The highest BCUT2D eigenvalue weighted by atomic mass is 16.2. The molecule has 0 bridgehead atoms. The van der Waals surface area contributed by atoms with E-state index in [1.807, 2.05) is 29.4 Å². The van der Waals surface area contributed by atoms with E-state index in [1.54, 1.807) is 0 Å². The molecule has 2 aliphatic rings. The van der Waals surface area contributed by atoms with Gasteiger partial charge in [-0.2, -0.15) is 0 Å². The van der Waals surface area contributed by atoms with Crippen LogP contribution in [0.25, 0.3) is 0 Å². The number of aromatic nitrogens is 1. The Bertz CT molecular complexity index is 464. The third kappa shape index (κ3) is 2.68. The van der Waals surface area contributed by atoms with Crippen molar-refractivity contribution in [2.75, 3.05) is 19.6 Å². The topological polar surface area (TPSA) is 45.2 Å². The van der Waals surface area contributed by atoms with Gasteiger partial charge in [-0.3, -0.25) is 15.1 Å². The SMILES string of the molecule is O=C([C@H]1C=CCN1)N1CCC(c2ccncc2)CC1. The van der Waals surface area contributed by atoms with Crippen LogP contribution in [0.2, 0.25) is 0 Å². The fourth-order valence-electron chi connectivity index (χ4n) is 2.90. The van der Waals surface area contributed by atoms with Gasteiger partial charge in [0.15, 0.2) is 0 Å². The van der Waals surface area contributed by atoms with Gasteiger partial charge in [0.25, 0.3) is 0 Å². The minimum Gasteiger partial charge on any atom is -0.341 e. The summed E-state index contributed by atoms with van der Waals surface area (Å²) < 4.78 is 0. The number of nitrogens with one attached hydrogen (secondary N) is 1. The maximum Gasteiger partial charge on any atom is 0.243 e. The van der Waals surface area contributed by atoms with Gasteiger partial charge in [-0.25, -0.2) is 0 Å². The molecule has 1 fully saturated rings. The predicted octanol–water partition coefficient (Wildman–Crippen LogP) is 1.32. The molecule has 1 amide bonds. The maximum atomic E-state index is 12.2. The third-order valence-electron chi connectivity index (χ3n) is 4.03. The smallest absolute Gasteiger partial charge is 0.243 e. The summed E-state index contributed by atoms with van der Waals surface area (Å²) in [7, 11) is 0. The molecule has 1 saturated heterocycles. The molecule has 3 heterocycles. The lowest BCUT2D eigenvalue weighted by Gasteiger charge is -2.33. The highest BCUT2D eigenvalue weighted by Gasteiger charge is 2.28. The molecular formula is C15H19N3O. The van der Waals surface area contributed by atoms with E-state index in [9.17, 15) is 4.79 Å². The Balaban J connectivity index is 1.57. The summed E-state index contributed by atoms with van der Waals surface area (Å²) in [6, 6.07) is 4.07. The number of piperidine rings is 1. The highest BCUT2D eigenvalue weighted by Crippen LogP contribution is 2.27. The van der Waals surface area contributed by atoms with Gasteiger partial charge in [-0.1, -0.05) is 12.2 Å². The molecule has 0 radical (unpaired) electrons. The van der Waals surface area contributed by atoms with Crippen LogP contribution in [0.3, 0.4) is 0 Å². The highest BCUT2D eigenvalue weighted by molar-refractivity contribution is 5.84. The van der Waals surface area contributed by atoms with Crippen molar-refractivity contribution >= 4 is 5.91 Å². The number of pyridine rings is 1. The van der Waals surface area contributed by atoms with Crippen molar-refractivity contribution in [3.8, 4) is 0 Å². The fourth-order valence-corrected chi connectivity index (χ4v) is 2.90. The van der Waals surface area contributed by atoms with Crippen molar-refractivity contribution in [1.29, 1.82) is 0 Å². The van der Waals surface area contributed by atoms with Gasteiger partial charge >= 0.3 is 0 Å². The molecule has 0 spiro atoms. The van der Waals surface area contributed by atoms with Gasteiger partial charge in [0, 0.05) is 32.0 Å². The number of carbonyl (C=O) groups excluding carboxylic acids is 1. The lowest BCUT2D eigenvalue weighted by Crippen LogP contribution is -2.46. The molecule has 4 nitrogen and oxygen atoms in total. The Morgan fingerprint density at radius 2 is 2.00 bits per heavy atom. The molecule has 1 N–H and O–H groups in total. The van der Waals surface area contributed by atoms with Gasteiger partial charge in [0.2, 0.25) is 5.91 Å². The molecule has 0 saturated carbocycles. The first-order chi connectivity index (χ1) is 9.34. The molecule has 19 heavy (non-hydrogen) atoms. The van der Waals surface area contributed by atoms with Gasteiger partial charge in [-0.15, -0.1) is 0 Å². The second-order valence-corrected chi connectivity index (χ2v) is 5.19. The number of likely N-dealkylation sites (tertiary alicyclic amines) is 1. The van der Waals surface area contributed by atoms with Crippen LogP contribution in [0.1, 0.15) is 24.3 Å². The van der Waals surface area contributed by atoms with Gasteiger partial charge < -0.3 is 4.90 Å². The van der Waals surface area contributed by atoms with Crippen LogP contribution in [0, 0.1) is 0 Å². The summed E-state index contributed by atoms with van der Waals surface area (Å²) in [6.07, 6.45) is 9.78. The average Bonchev–Trinajstić information content (AvgIpc) is 3.02. The molecule has 0 aromatic carbocycles. The number of rotatable bonds is 2. The molecule has 3 rings (SSSR count). The molecule has 1 atom stereocenters. The standard InChI is InChI=1S/C15H19N3O/c19-15(14-2-1-7-17-14)18-10-5-13(6-11-18)12-3-8-16-9-4-12/h1-4,8-9,13-14,17H,5-7,10-11H2/t14-/m1/s1. The first-order valence-corrected chi connectivity index (χ1v) is 6.93. The Morgan fingerprint density at radius 1 is 1.26 bits per heavy atom. The normalized spacial score (nSPS) is 23.8. The number of hydrogen-bond acceptors (Lipinski definition) is 3. The second-order valence-electron chi connectivity index (χ2n) is 5.19. The third-order valence-corrected chi connectivity index (χ3v) is 4.03. The van der Waals surface area contributed by atoms with Crippen LogP contribution in [0.5, 0.6) is 0 Å². The molecule has 0 unspecified atom stereocenters. The molecule has 100 valence electrons. The lowest BCUT2D eigenvalue weighted by atomic mass is 9.90. The van der Waals surface area contributed by atoms with Crippen LogP contribution in [0.4, 0.5) is 0 Å². The minimum atomic E-state index is -0.0996. The number of amides is 1. The zero-order valence-electron chi connectivity index (χ0n) is 11.0. The zero-order chi connectivity index (χ0) is 13.1. The summed E-state index contributed by atoms with van der Waals surface area (Å²) in [5, 5.41) is 3.19. The van der Waals surface area contributed by atoms with E-state index >= 15 is 0 Å². The first kappa shape index (κ1) is 12.4. The van der Waals surface area contributed by atoms with E-state index in [4.69, 9.17) is 0 Å². The summed E-state index contributed by atoms with van der Waals surface area (Å²) in [4.78, 5) is 18.3. The monoisotopic (exact) mass is 257 g/mol. The van der Waals surface area contributed by atoms with Crippen molar-refractivity contribution in [2.24, 2.45) is 0 Å². The summed E-state index contributed by atoms with van der Waals surface area (Å²) in [5.74, 6) is 0.793. The number of carbonyl (C=O) groups is 1. The molecule has 4 heteroatoms. The Labute approximate surface area is 113 Å². The molecule has 1 aromatic rings. The van der Waals surface area contributed by atoms with Gasteiger partial charge in [0.05, 0.1) is 0 Å². The molecular weight excluding hydrogens is 238 g/mol. The number of nitrogens with zero attached hydrogens (tertiary/aromatic N) is 2. The van der Waals surface area contributed by atoms with Crippen molar-refractivity contribution in [3.63, 3.8) is 0 Å². The van der Waals surface area contributed by atoms with Crippen molar-refractivity contribution in [1.82, 2.24) is 15.2 Å². The molecule has 0 aliphatic carbocycles. The largest absolute Gasteiger partial charge is 0.341 e.